The first-order valence-electron chi connectivity index (χ1n) is 3.39. The molecule has 0 aliphatic carbocycles. The normalized spacial score (nSPS) is 10.3. The maximum atomic E-state index is 10.8. The van der Waals surface area contributed by atoms with Gasteiger partial charge in [-0.25, -0.2) is 4.79 Å². The number of pyridine rings is 1. The molecule has 0 unspecified atom stereocenters. The van der Waals surface area contributed by atoms with E-state index in [4.69, 9.17) is 4.42 Å². The Labute approximate surface area is 66.5 Å². The molecule has 0 saturated heterocycles. The molecule has 0 spiro atoms. The Balaban J connectivity index is 2.97. The van der Waals surface area contributed by atoms with Crippen LogP contribution in [0.5, 0.6) is 0 Å². The molecule has 2 heterocycles. The maximum absolute atomic E-state index is 10.8. The van der Waals surface area contributed by atoms with Crippen molar-refractivity contribution in [3.8, 4) is 0 Å². The fraction of sp³-hybridized carbons (Fsp3) is 0. The molecule has 0 saturated carbocycles. The van der Waals surface area contributed by atoms with E-state index in [0.29, 0.717) is 11.1 Å². The van der Waals surface area contributed by atoms with Crippen LogP contribution in [-0.4, -0.2) is 4.98 Å². The van der Waals surface area contributed by atoms with E-state index in [1.807, 2.05) is 0 Å². The van der Waals surface area contributed by atoms with Crippen LogP contribution < -0.4 is 11.2 Å². The van der Waals surface area contributed by atoms with E-state index in [1.54, 1.807) is 0 Å². The summed E-state index contributed by atoms with van der Waals surface area (Å²) in [6.45, 7) is 0. The van der Waals surface area contributed by atoms with Crippen LogP contribution in [-0.2, 0) is 0 Å². The van der Waals surface area contributed by atoms with E-state index in [2.05, 4.69) is 4.98 Å². The maximum Gasteiger partial charge on any atom is 0.336 e. The highest BCUT2D eigenvalue weighted by Gasteiger charge is 1.95. The number of hydrogen-bond donors (Lipinski definition) is 1. The Morgan fingerprint density at radius 1 is 1.08 bits per heavy atom. The average Bonchev–Trinajstić information content (AvgIpc) is 2.05. The number of nitrogens with one attached hydrogen (secondary N) is 1. The smallest absolute Gasteiger partial charge is 0.336 e. The standard InChI is InChI=1S/C8H5NO3/c10-7-3-2-6-5(9-7)1-4-8(11)12-6/h1-4H,(H,9,10). The lowest BCUT2D eigenvalue weighted by atomic mass is 10.3. The van der Waals surface area contributed by atoms with Crippen LogP contribution in [0.15, 0.2) is 38.3 Å². The number of H-pyrrole nitrogens is 1. The highest BCUT2D eigenvalue weighted by molar-refractivity contribution is 5.70. The zero-order valence-electron chi connectivity index (χ0n) is 6.03. The summed E-state index contributed by atoms with van der Waals surface area (Å²) in [6.07, 6.45) is 0. The molecule has 4 heteroatoms. The minimum Gasteiger partial charge on any atom is -0.421 e. The molecule has 4 nitrogen and oxygen atoms in total. The average molecular weight is 163 g/mol. The van der Waals surface area contributed by atoms with Gasteiger partial charge in [0.15, 0.2) is 5.58 Å². The predicted molar refractivity (Wildman–Crippen MR) is 43.1 cm³/mol. The van der Waals surface area contributed by atoms with Gasteiger partial charge in [0, 0.05) is 12.1 Å². The van der Waals surface area contributed by atoms with Crippen LogP contribution in [0.25, 0.3) is 11.1 Å². The van der Waals surface area contributed by atoms with Crippen molar-refractivity contribution < 1.29 is 4.42 Å². The molecule has 60 valence electrons. The molecule has 2 aromatic rings. The summed E-state index contributed by atoms with van der Waals surface area (Å²) in [5.74, 6) is 0. The molecule has 2 rings (SSSR count). The van der Waals surface area contributed by atoms with E-state index in [0.717, 1.165) is 0 Å². The molecule has 0 atom stereocenters. The lowest BCUT2D eigenvalue weighted by Crippen LogP contribution is -2.04. The number of hydrogen-bond acceptors (Lipinski definition) is 3. The minimum atomic E-state index is -0.422. The fourth-order valence-corrected chi connectivity index (χ4v) is 0.984. The first-order chi connectivity index (χ1) is 5.75. The molecule has 0 aliphatic rings. The van der Waals surface area contributed by atoms with Gasteiger partial charge >= 0.3 is 5.63 Å². The molecule has 0 amide bonds. The van der Waals surface area contributed by atoms with Crippen LogP contribution in [0.4, 0.5) is 0 Å². The van der Waals surface area contributed by atoms with Crippen molar-refractivity contribution in [3.63, 3.8) is 0 Å². The van der Waals surface area contributed by atoms with E-state index < -0.39 is 5.63 Å². The molecule has 0 aliphatic heterocycles. The largest absolute Gasteiger partial charge is 0.421 e. The van der Waals surface area contributed by atoms with Gasteiger partial charge in [-0.3, -0.25) is 4.79 Å². The highest BCUT2D eigenvalue weighted by atomic mass is 16.4. The number of rotatable bonds is 0. The minimum absolute atomic E-state index is 0.212. The summed E-state index contributed by atoms with van der Waals surface area (Å²) < 4.78 is 4.79. The van der Waals surface area contributed by atoms with Crippen molar-refractivity contribution in [2.24, 2.45) is 0 Å². The van der Waals surface area contributed by atoms with Gasteiger partial charge in [-0.1, -0.05) is 0 Å². The van der Waals surface area contributed by atoms with Gasteiger partial charge in [-0.15, -0.1) is 0 Å². The fourth-order valence-electron chi connectivity index (χ4n) is 0.984. The SMILES string of the molecule is O=c1ccc2oc(=O)ccc2[nH]1. The molecule has 0 bridgehead atoms. The molecule has 2 aromatic heterocycles. The van der Waals surface area contributed by atoms with Crippen molar-refractivity contribution in [3.05, 3.63) is 45.0 Å². The molecule has 0 fully saturated rings. The van der Waals surface area contributed by atoms with E-state index in [1.165, 1.54) is 24.3 Å². The monoisotopic (exact) mass is 163 g/mol. The van der Waals surface area contributed by atoms with Crippen LogP contribution in [0.3, 0.4) is 0 Å². The van der Waals surface area contributed by atoms with Crippen LogP contribution in [0.2, 0.25) is 0 Å². The second-order valence-electron chi connectivity index (χ2n) is 2.35. The predicted octanol–water partition coefficient (Wildman–Crippen LogP) is 0.481. The molecule has 0 radical (unpaired) electrons. The number of aromatic nitrogens is 1. The Hall–Kier alpha value is -1.84. The summed E-state index contributed by atoms with van der Waals surface area (Å²) >= 11 is 0. The highest BCUT2D eigenvalue weighted by Crippen LogP contribution is 2.03. The second-order valence-corrected chi connectivity index (χ2v) is 2.35. The molecular weight excluding hydrogens is 158 g/mol. The zero-order valence-corrected chi connectivity index (χ0v) is 6.03. The summed E-state index contributed by atoms with van der Waals surface area (Å²) in [5.41, 5.74) is 0.287. The van der Waals surface area contributed by atoms with E-state index in [-0.39, 0.29) is 5.56 Å². The molecule has 1 N–H and O–H groups in total. The Morgan fingerprint density at radius 3 is 2.75 bits per heavy atom. The zero-order chi connectivity index (χ0) is 8.55. The van der Waals surface area contributed by atoms with E-state index in [9.17, 15) is 9.59 Å². The third-order valence-electron chi connectivity index (χ3n) is 1.51. The third-order valence-corrected chi connectivity index (χ3v) is 1.51. The Morgan fingerprint density at radius 2 is 1.92 bits per heavy atom. The van der Waals surface area contributed by atoms with Gasteiger partial charge in [-0.2, -0.15) is 0 Å². The topological polar surface area (TPSA) is 63.1 Å². The quantitative estimate of drug-likeness (QED) is 0.614. The summed E-state index contributed by atoms with van der Waals surface area (Å²) in [4.78, 5) is 24.0. The van der Waals surface area contributed by atoms with E-state index >= 15 is 0 Å². The van der Waals surface area contributed by atoms with Gasteiger partial charge in [0.1, 0.15) is 0 Å². The summed E-state index contributed by atoms with van der Waals surface area (Å²) in [7, 11) is 0. The number of aromatic amines is 1. The summed E-state index contributed by atoms with van der Waals surface area (Å²) in [6, 6.07) is 5.56. The van der Waals surface area contributed by atoms with Crippen molar-refractivity contribution >= 4 is 11.1 Å². The molecule has 0 aromatic carbocycles. The number of fused-ring (bicyclic) bond motifs is 1. The van der Waals surface area contributed by atoms with Gasteiger partial charge in [-0.05, 0) is 12.1 Å². The third kappa shape index (κ3) is 1.03. The van der Waals surface area contributed by atoms with Crippen LogP contribution in [0, 0.1) is 0 Å². The lowest BCUT2D eigenvalue weighted by Gasteiger charge is -1.91. The molecule has 12 heavy (non-hydrogen) atoms. The van der Waals surface area contributed by atoms with Crippen molar-refractivity contribution in [2.45, 2.75) is 0 Å². The van der Waals surface area contributed by atoms with Gasteiger partial charge in [0.2, 0.25) is 5.56 Å². The lowest BCUT2D eigenvalue weighted by molar-refractivity contribution is 0.559. The first-order valence-corrected chi connectivity index (χ1v) is 3.39. The summed E-state index contributed by atoms with van der Waals surface area (Å²) in [5, 5.41) is 0. The second kappa shape index (κ2) is 2.34. The van der Waals surface area contributed by atoms with Gasteiger partial charge in [0.05, 0.1) is 5.52 Å². The van der Waals surface area contributed by atoms with Crippen LogP contribution in [0.1, 0.15) is 0 Å². The van der Waals surface area contributed by atoms with Crippen molar-refractivity contribution in [1.82, 2.24) is 4.98 Å². The van der Waals surface area contributed by atoms with Gasteiger partial charge < -0.3 is 9.40 Å². The first kappa shape index (κ1) is 6.84. The van der Waals surface area contributed by atoms with Crippen molar-refractivity contribution in [1.29, 1.82) is 0 Å². The van der Waals surface area contributed by atoms with Crippen molar-refractivity contribution in [2.75, 3.05) is 0 Å². The van der Waals surface area contributed by atoms with Gasteiger partial charge in [0.25, 0.3) is 0 Å². The molecular formula is C8H5NO3. The van der Waals surface area contributed by atoms with Crippen LogP contribution >= 0.6 is 0 Å². The Kier molecular flexibility index (Phi) is 1.33. The Bertz CT molecular complexity index is 474.